The van der Waals surface area contributed by atoms with E-state index >= 15 is 0 Å². The van der Waals surface area contributed by atoms with Crippen molar-refractivity contribution in [2.24, 2.45) is 5.41 Å². The molecule has 212 valence electrons. The lowest BCUT2D eigenvalue weighted by molar-refractivity contribution is -0.142. The van der Waals surface area contributed by atoms with Crippen LogP contribution in [0.15, 0.2) is 78.9 Å². The molecule has 1 heterocycles. The number of carboxylic acids is 1. The Kier molecular flexibility index (Phi) is 8.88. The Bertz CT molecular complexity index is 1580. The fraction of sp³-hybridized carbons (Fsp3) is 0.314. The van der Waals surface area contributed by atoms with Crippen molar-refractivity contribution in [1.82, 2.24) is 4.98 Å². The largest absolute Gasteiger partial charge is 0.481 e. The number of benzene rings is 3. The van der Waals surface area contributed by atoms with E-state index in [1.807, 2.05) is 68.5 Å². The van der Waals surface area contributed by atoms with Crippen LogP contribution in [0.25, 0.3) is 23.1 Å². The predicted molar refractivity (Wildman–Crippen MR) is 171 cm³/mol. The van der Waals surface area contributed by atoms with Gasteiger partial charge < -0.3 is 10.2 Å². The Balaban J connectivity index is 1.38. The molecule has 0 radical (unpaired) electrons. The molecule has 0 spiro atoms. The van der Waals surface area contributed by atoms with Crippen LogP contribution in [0.2, 0.25) is 5.02 Å². The smallest absolute Gasteiger partial charge is 0.310 e. The van der Waals surface area contributed by atoms with E-state index in [2.05, 4.69) is 36.4 Å². The number of hydrogen-bond acceptors (Lipinski definition) is 4. The highest BCUT2D eigenvalue weighted by Gasteiger charge is 2.50. The summed E-state index contributed by atoms with van der Waals surface area (Å²) in [6, 6.07) is 26.4. The van der Waals surface area contributed by atoms with Crippen molar-refractivity contribution in [2.45, 2.75) is 56.8 Å². The Morgan fingerprint density at radius 2 is 1.85 bits per heavy atom. The zero-order chi connectivity index (χ0) is 29.0. The van der Waals surface area contributed by atoms with Crippen molar-refractivity contribution >= 4 is 52.4 Å². The SMILES string of the molecule is CCC(C)(O)c1ccccc1CC[C@@H](SCC1(C(=O)O)CC1)c1cccc(/C=C/c2ccc3ccc(Cl)cc3n2)c1. The molecule has 1 saturated carbocycles. The maximum absolute atomic E-state index is 11.9. The van der Waals surface area contributed by atoms with Crippen LogP contribution in [0.5, 0.6) is 0 Å². The molecule has 1 aromatic heterocycles. The highest BCUT2D eigenvalue weighted by molar-refractivity contribution is 7.99. The van der Waals surface area contributed by atoms with E-state index in [9.17, 15) is 15.0 Å². The number of aromatic nitrogens is 1. The van der Waals surface area contributed by atoms with Gasteiger partial charge in [-0.2, -0.15) is 11.8 Å². The second kappa shape index (κ2) is 12.4. The van der Waals surface area contributed by atoms with Gasteiger partial charge in [0.25, 0.3) is 0 Å². The number of hydrogen-bond donors (Lipinski definition) is 2. The lowest BCUT2D eigenvalue weighted by Crippen LogP contribution is -2.22. The minimum absolute atomic E-state index is 0.126. The fourth-order valence-electron chi connectivity index (χ4n) is 5.16. The fourth-order valence-corrected chi connectivity index (χ4v) is 6.88. The molecule has 5 rings (SSSR count). The summed E-state index contributed by atoms with van der Waals surface area (Å²) in [6.45, 7) is 3.87. The molecule has 2 atom stereocenters. The first-order chi connectivity index (χ1) is 19.7. The molecule has 1 unspecified atom stereocenters. The van der Waals surface area contributed by atoms with Crippen LogP contribution in [-0.4, -0.2) is 26.9 Å². The van der Waals surface area contributed by atoms with E-state index in [-0.39, 0.29) is 5.25 Å². The van der Waals surface area contributed by atoms with E-state index in [0.29, 0.717) is 17.2 Å². The van der Waals surface area contributed by atoms with Gasteiger partial charge in [-0.15, -0.1) is 0 Å². The number of carboxylic acid groups (broad SMARTS) is 1. The van der Waals surface area contributed by atoms with E-state index in [4.69, 9.17) is 16.6 Å². The molecule has 0 amide bonds. The van der Waals surface area contributed by atoms with Crippen LogP contribution in [0.4, 0.5) is 0 Å². The summed E-state index contributed by atoms with van der Waals surface area (Å²) in [5.74, 6) is -0.0840. The van der Waals surface area contributed by atoms with Gasteiger partial charge >= 0.3 is 5.97 Å². The third-order valence-electron chi connectivity index (χ3n) is 8.23. The van der Waals surface area contributed by atoms with Crippen LogP contribution in [-0.2, 0) is 16.8 Å². The molecule has 1 fully saturated rings. The van der Waals surface area contributed by atoms with Crippen LogP contribution in [0, 0.1) is 5.41 Å². The van der Waals surface area contributed by atoms with Crippen molar-refractivity contribution in [2.75, 3.05) is 5.75 Å². The van der Waals surface area contributed by atoms with E-state index in [1.165, 1.54) is 5.56 Å². The molecule has 4 nitrogen and oxygen atoms in total. The molecule has 3 aromatic carbocycles. The molecule has 41 heavy (non-hydrogen) atoms. The van der Waals surface area contributed by atoms with Gasteiger partial charge in [0.1, 0.15) is 0 Å². The number of nitrogens with zero attached hydrogens (tertiary/aromatic N) is 1. The van der Waals surface area contributed by atoms with Crippen molar-refractivity contribution in [3.8, 4) is 0 Å². The maximum Gasteiger partial charge on any atom is 0.310 e. The van der Waals surface area contributed by atoms with Gasteiger partial charge in [-0.1, -0.05) is 85.3 Å². The van der Waals surface area contributed by atoms with Gasteiger partial charge in [0.05, 0.1) is 22.2 Å². The Morgan fingerprint density at radius 1 is 1.07 bits per heavy atom. The third-order valence-corrected chi connectivity index (χ3v) is 10.1. The number of carbonyl (C=O) groups is 1. The second-order valence-corrected chi connectivity index (χ2v) is 12.9. The molecule has 0 bridgehead atoms. The summed E-state index contributed by atoms with van der Waals surface area (Å²) in [5.41, 5.74) is 4.60. The van der Waals surface area contributed by atoms with Gasteiger partial charge in [0, 0.05) is 21.4 Å². The van der Waals surface area contributed by atoms with E-state index in [0.717, 1.165) is 59.0 Å². The number of aryl methyl sites for hydroxylation is 1. The lowest BCUT2D eigenvalue weighted by atomic mass is 9.87. The third kappa shape index (κ3) is 7.03. The van der Waals surface area contributed by atoms with E-state index in [1.54, 1.807) is 11.8 Å². The molecule has 2 N–H and O–H groups in total. The highest BCUT2D eigenvalue weighted by atomic mass is 35.5. The number of rotatable bonds is 12. The Hall–Kier alpha value is -3.12. The summed E-state index contributed by atoms with van der Waals surface area (Å²) in [4.78, 5) is 16.6. The zero-order valence-electron chi connectivity index (χ0n) is 23.5. The van der Waals surface area contributed by atoms with E-state index < -0.39 is 17.0 Å². The average molecular weight is 586 g/mol. The molecule has 0 aliphatic heterocycles. The topological polar surface area (TPSA) is 70.4 Å². The maximum atomic E-state index is 11.9. The molecular formula is C35H36ClNO3S. The first kappa shape index (κ1) is 29.4. The first-order valence-electron chi connectivity index (χ1n) is 14.2. The van der Waals surface area contributed by atoms with Gasteiger partial charge in [0.2, 0.25) is 0 Å². The van der Waals surface area contributed by atoms with Crippen LogP contribution < -0.4 is 0 Å². The van der Waals surface area contributed by atoms with Crippen molar-refractivity contribution in [3.05, 3.63) is 112 Å². The minimum atomic E-state index is -0.881. The highest BCUT2D eigenvalue weighted by Crippen LogP contribution is 2.51. The summed E-state index contributed by atoms with van der Waals surface area (Å²) in [6.07, 6.45) is 7.85. The van der Waals surface area contributed by atoms with Gasteiger partial charge in [-0.3, -0.25) is 4.79 Å². The normalized spacial score (nSPS) is 16.5. The molecular weight excluding hydrogens is 550 g/mol. The molecule has 6 heteroatoms. The first-order valence-corrected chi connectivity index (χ1v) is 15.6. The number of aliphatic hydroxyl groups is 1. The van der Waals surface area contributed by atoms with Crippen LogP contribution >= 0.6 is 23.4 Å². The molecule has 0 saturated heterocycles. The number of halogens is 1. The number of aliphatic carboxylic acids is 1. The lowest BCUT2D eigenvalue weighted by Gasteiger charge is -2.26. The Morgan fingerprint density at radius 3 is 2.61 bits per heavy atom. The van der Waals surface area contributed by atoms with Gasteiger partial charge in [0.15, 0.2) is 0 Å². The quantitative estimate of drug-likeness (QED) is 0.174. The Labute approximate surface area is 251 Å². The standard InChI is InChI=1S/C35H36ClNO3S/c1-3-34(2,40)30-10-5-4-8-25(30)14-18-32(41-23-35(19-20-35)33(38)39)27-9-6-7-24(21-27)11-16-29-17-13-26-12-15-28(36)22-31(26)37-29/h4-13,15-17,21-22,32,40H,3,14,18-20,23H2,1-2H3,(H,38,39)/b16-11+/t32-,34?/m1/s1. The summed E-state index contributed by atoms with van der Waals surface area (Å²) < 4.78 is 0. The van der Waals surface area contributed by atoms with Crippen LogP contribution in [0.3, 0.4) is 0 Å². The van der Waals surface area contributed by atoms with Crippen molar-refractivity contribution in [3.63, 3.8) is 0 Å². The molecule has 1 aliphatic carbocycles. The van der Waals surface area contributed by atoms with Crippen LogP contribution in [0.1, 0.15) is 72.7 Å². The summed E-state index contributed by atoms with van der Waals surface area (Å²) >= 11 is 7.91. The predicted octanol–water partition coefficient (Wildman–Crippen LogP) is 8.95. The molecule has 1 aliphatic rings. The number of thioether (sulfide) groups is 1. The zero-order valence-corrected chi connectivity index (χ0v) is 25.1. The van der Waals surface area contributed by atoms with Crippen molar-refractivity contribution in [1.29, 1.82) is 0 Å². The number of fused-ring (bicyclic) bond motifs is 1. The summed E-state index contributed by atoms with van der Waals surface area (Å²) in [5, 5.41) is 22.6. The van der Waals surface area contributed by atoms with Gasteiger partial charge in [-0.25, -0.2) is 4.98 Å². The number of pyridine rings is 1. The average Bonchev–Trinajstić information content (AvgIpc) is 3.77. The van der Waals surface area contributed by atoms with Gasteiger partial charge in [-0.05, 0) is 85.6 Å². The summed E-state index contributed by atoms with van der Waals surface area (Å²) in [7, 11) is 0. The second-order valence-electron chi connectivity index (χ2n) is 11.3. The minimum Gasteiger partial charge on any atom is -0.481 e. The molecule has 4 aromatic rings. The van der Waals surface area contributed by atoms with Crippen molar-refractivity contribution < 1.29 is 15.0 Å². The monoisotopic (exact) mass is 585 g/mol.